The van der Waals surface area contributed by atoms with Crippen LogP contribution in [0.1, 0.15) is 36.0 Å². The molecule has 0 radical (unpaired) electrons. The van der Waals surface area contributed by atoms with Crippen LogP contribution in [0.25, 0.3) is 10.9 Å². The highest BCUT2D eigenvalue weighted by molar-refractivity contribution is 5.94. The number of β-amino-alcohol motifs (C(OH)–C–C–N with tert-alkyl or cyclic N) is 1. The minimum atomic E-state index is -1.01. The molecule has 4 heterocycles. The molecule has 1 atom stereocenters. The number of nitrogens with zero attached hydrogens (tertiary/aromatic N) is 5. The molecule has 2 saturated heterocycles. The summed E-state index contributed by atoms with van der Waals surface area (Å²) in [6, 6.07) is 11.2. The molecule has 8 heteroatoms. The maximum atomic E-state index is 13.2. The standard InChI is InChI=1S/C28H35N5O3/c1-31(27(34)22-6-4-7-23(18-22)36-17-16-32-13-2-3-14-32)20-28(35)10-5-15-33(21-28)26-9-12-30-25-8-11-29-19-24(25)26/h4,6-9,11-12,18-19,35H,2-3,5,10,13-17,20-21H2,1H3/t28-/m0/s1. The Morgan fingerprint density at radius 3 is 2.86 bits per heavy atom. The van der Waals surface area contributed by atoms with Crippen molar-refractivity contribution in [1.82, 2.24) is 19.8 Å². The summed E-state index contributed by atoms with van der Waals surface area (Å²) in [5, 5.41) is 12.5. The predicted octanol–water partition coefficient (Wildman–Crippen LogP) is 3.21. The first kappa shape index (κ1) is 24.5. The topological polar surface area (TPSA) is 82.0 Å². The molecular formula is C28H35N5O3. The molecule has 190 valence electrons. The Balaban J connectivity index is 1.22. The third kappa shape index (κ3) is 5.60. The van der Waals surface area contributed by atoms with Crippen LogP contribution in [0.15, 0.2) is 55.0 Å². The molecule has 2 aliphatic rings. The minimum absolute atomic E-state index is 0.121. The monoisotopic (exact) mass is 489 g/mol. The molecule has 2 aliphatic heterocycles. The van der Waals surface area contributed by atoms with Gasteiger partial charge in [0.25, 0.3) is 5.91 Å². The van der Waals surface area contributed by atoms with E-state index in [9.17, 15) is 9.90 Å². The fraction of sp³-hybridized carbons (Fsp3) is 0.464. The van der Waals surface area contributed by atoms with Gasteiger partial charge >= 0.3 is 0 Å². The van der Waals surface area contributed by atoms with E-state index in [0.29, 0.717) is 30.9 Å². The number of hydrogen-bond acceptors (Lipinski definition) is 7. The highest BCUT2D eigenvalue weighted by Gasteiger charge is 2.36. The molecule has 0 bridgehead atoms. The number of anilines is 1. The summed E-state index contributed by atoms with van der Waals surface area (Å²) in [6.07, 6.45) is 9.35. The molecule has 36 heavy (non-hydrogen) atoms. The molecular weight excluding hydrogens is 454 g/mol. The Kier molecular flexibility index (Phi) is 7.34. The van der Waals surface area contributed by atoms with E-state index in [0.717, 1.165) is 49.2 Å². The largest absolute Gasteiger partial charge is 0.492 e. The number of fused-ring (bicyclic) bond motifs is 1. The zero-order valence-corrected chi connectivity index (χ0v) is 21.0. The molecule has 0 unspecified atom stereocenters. The Morgan fingerprint density at radius 1 is 1.14 bits per heavy atom. The first-order valence-electron chi connectivity index (χ1n) is 12.9. The van der Waals surface area contributed by atoms with Crippen LogP contribution in [0.4, 0.5) is 5.69 Å². The van der Waals surface area contributed by atoms with Gasteiger partial charge in [0, 0.05) is 61.9 Å². The normalized spacial score (nSPS) is 20.6. The smallest absolute Gasteiger partial charge is 0.253 e. The molecule has 5 rings (SSSR count). The second-order valence-electron chi connectivity index (χ2n) is 10.1. The van der Waals surface area contributed by atoms with E-state index in [1.54, 1.807) is 36.5 Å². The number of likely N-dealkylation sites (tertiary alicyclic amines) is 1. The number of hydrogen-bond donors (Lipinski definition) is 1. The predicted molar refractivity (Wildman–Crippen MR) is 141 cm³/mol. The van der Waals surface area contributed by atoms with Gasteiger partial charge in [-0.3, -0.25) is 19.7 Å². The van der Waals surface area contributed by atoms with Crippen LogP contribution >= 0.6 is 0 Å². The maximum Gasteiger partial charge on any atom is 0.253 e. The summed E-state index contributed by atoms with van der Waals surface area (Å²) in [5.41, 5.74) is 1.45. The lowest BCUT2D eigenvalue weighted by Crippen LogP contribution is -2.54. The van der Waals surface area contributed by atoms with Crippen LogP contribution in [0, 0.1) is 0 Å². The van der Waals surface area contributed by atoms with Crippen molar-refractivity contribution in [2.75, 3.05) is 57.8 Å². The minimum Gasteiger partial charge on any atom is -0.492 e. The highest BCUT2D eigenvalue weighted by Crippen LogP contribution is 2.31. The Morgan fingerprint density at radius 2 is 2.00 bits per heavy atom. The number of amides is 1. The van der Waals surface area contributed by atoms with Gasteiger partial charge in [0.1, 0.15) is 12.4 Å². The number of piperidine rings is 1. The van der Waals surface area contributed by atoms with Crippen molar-refractivity contribution in [1.29, 1.82) is 0 Å². The van der Waals surface area contributed by atoms with Crippen LogP contribution in [0.3, 0.4) is 0 Å². The number of carbonyl (C=O) groups excluding carboxylic acids is 1. The van der Waals surface area contributed by atoms with Gasteiger partial charge in [-0.2, -0.15) is 0 Å². The fourth-order valence-electron chi connectivity index (χ4n) is 5.45. The van der Waals surface area contributed by atoms with E-state index < -0.39 is 5.60 Å². The maximum absolute atomic E-state index is 13.2. The Hall–Kier alpha value is -3.23. The Labute approximate surface area is 212 Å². The van der Waals surface area contributed by atoms with Gasteiger partial charge < -0.3 is 19.6 Å². The molecule has 2 fully saturated rings. The highest BCUT2D eigenvalue weighted by atomic mass is 16.5. The molecule has 3 aromatic rings. The number of likely N-dealkylation sites (N-methyl/N-ethyl adjacent to an activating group) is 1. The van der Waals surface area contributed by atoms with E-state index in [2.05, 4.69) is 19.8 Å². The van der Waals surface area contributed by atoms with Gasteiger partial charge in [-0.25, -0.2) is 0 Å². The van der Waals surface area contributed by atoms with E-state index in [-0.39, 0.29) is 12.5 Å². The van der Waals surface area contributed by atoms with E-state index >= 15 is 0 Å². The zero-order valence-electron chi connectivity index (χ0n) is 21.0. The Bertz CT molecular complexity index is 1190. The van der Waals surface area contributed by atoms with Crippen LogP contribution in [-0.4, -0.2) is 89.3 Å². The average Bonchev–Trinajstić information content (AvgIpc) is 3.41. The van der Waals surface area contributed by atoms with Gasteiger partial charge in [-0.1, -0.05) is 6.07 Å². The molecule has 0 saturated carbocycles. The summed E-state index contributed by atoms with van der Waals surface area (Å²) in [7, 11) is 1.76. The molecule has 1 aromatic carbocycles. The number of rotatable bonds is 8. The van der Waals surface area contributed by atoms with Gasteiger partial charge in [0.05, 0.1) is 17.7 Å². The third-order valence-corrected chi connectivity index (χ3v) is 7.25. The van der Waals surface area contributed by atoms with Crippen LogP contribution < -0.4 is 9.64 Å². The molecule has 8 nitrogen and oxygen atoms in total. The lowest BCUT2D eigenvalue weighted by Gasteiger charge is -2.42. The average molecular weight is 490 g/mol. The lowest BCUT2D eigenvalue weighted by atomic mass is 9.91. The quantitative estimate of drug-likeness (QED) is 0.520. The molecule has 1 N–H and O–H groups in total. The van der Waals surface area contributed by atoms with Crippen molar-refractivity contribution in [2.24, 2.45) is 0 Å². The number of ether oxygens (including phenoxy) is 1. The third-order valence-electron chi connectivity index (χ3n) is 7.25. The van der Waals surface area contributed by atoms with Crippen LogP contribution in [0.5, 0.6) is 5.75 Å². The van der Waals surface area contributed by atoms with E-state index in [1.165, 1.54) is 12.8 Å². The molecule has 0 aliphatic carbocycles. The summed E-state index contributed by atoms with van der Waals surface area (Å²) in [4.78, 5) is 28.1. The summed E-state index contributed by atoms with van der Waals surface area (Å²) < 4.78 is 5.93. The summed E-state index contributed by atoms with van der Waals surface area (Å²) >= 11 is 0. The van der Waals surface area contributed by atoms with Crippen molar-refractivity contribution in [3.63, 3.8) is 0 Å². The number of pyridine rings is 2. The first-order valence-corrected chi connectivity index (χ1v) is 12.9. The summed E-state index contributed by atoms with van der Waals surface area (Å²) in [6.45, 7) is 5.34. The second kappa shape index (κ2) is 10.8. The lowest BCUT2D eigenvalue weighted by molar-refractivity contribution is 0.0000624. The number of benzene rings is 1. The van der Waals surface area contributed by atoms with E-state index in [4.69, 9.17) is 4.74 Å². The molecule has 1 amide bonds. The van der Waals surface area contributed by atoms with Gasteiger partial charge in [0.15, 0.2) is 0 Å². The van der Waals surface area contributed by atoms with Crippen LogP contribution in [0.2, 0.25) is 0 Å². The van der Waals surface area contributed by atoms with Gasteiger partial charge in [0.2, 0.25) is 0 Å². The van der Waals surface area contributed by atoms with Crippen molar-refractivity contribution in [2.45, 2.75) is 31.3 Å². The van der Waals surface area contributed by atoms with E-state index in [1.807, 2.05) is 30.5 Å². The molecule has 2 aromatic heterocycles. The summed E-state index contributed by atoms with van der Waals surface area (Å²) in [5.74, 6) is 0.582. The van der Waals surface area contributed by atoms with Gasteiger partial charge in [-0.15, -0.1) is 0 Å². The van der Waals surface area contributed by atoms with Crippen molar-refractivity contribution in [3.05, 3.63) is 60.6 Å². The second-order valence-corrected chi connectivity index (χ2v) is 10.1. The molecule has 0 spiro atoms. The number of carbonyl (C=O) groups is 1. The van der Waals surface area contributed by atoms with Crippen molar-refractivity contribution >= 4 is 22.5 Å². The van der Waals surface area contributed by atoms with Crippen molar-refractivity contribution < 1.29 is 14.6 Å². The van der Waals surface area contributed by atoms with Gasteiger partial charge in [-0.05, 0) is 69.1 Å². The first-order chi connectivity index (χ1) is 17.5. The fourth-order valence-corrected chi connectivity index (χ4v) is 5.45. The van der Waals surface area contributed by atoms with Crippen LogP contribution in [-0.2, 0) is 0 Å². The SMILES string of the molecule is CN(C[C@@]1(O)CCCN(c2ccnc3ccncc23)C1)C(=O)c1cccc(OCCN2CCCC2)c1. The van der Waals surface area contributed by atoms with Crippen molar-refractivity contribution in [3.8, 4) is 5.75 Å². The zero-order chi connectivity index (χ0) is 25.0. The number of aromatic nitrogens is 2. The number of aliphatic hydroxyl groups is 1.